The molecule has 0 saturated carbocycles. The summed E-state index contributed by atoms with van der Waals surface area (Å²) >= 11 is 3.36. The maximum Gasteiger partial charge on any atom is 0.416 e. The molecule has 0 heterocycles. The second kappa shape index (κ2) is 13.5. The van der Waals surface area contributed by atoms with E-state index in [9.17, 15) is 28.0 Å². The number of anilines is 2. The number of alkyl halides is 3. The minimum atomic E-state index is -4.59. The van der Waals surface area contributed by atoms with Crippen molar-refractivity contribution in [2.75, 3.05) is 31.0 Å². The Bertz CT molecular complexity index is 1470. The highest BCUT2D eigenvalue weighted by atomic mass is 79.9. The summed E-state index contributed by atoms with van der Waals surface area (Å²) in [6.45, 7) is 1.61. The Balaban J connectivity index is 1.78. The Kier molecular flexibility index (Phi) is 10.2. The first kappa shape index (κ1) is 30.0. The predicted molar refractivity (Wildman–Crippen MR) is 146 cm³/mol. The van der Waals surface area contributed by atoms with Crippen LogP contribution in [0.1, 0.15) is 18.1 Å². The Labute approximate surface area is 236 Å². The molecule has 0 atom stereocenters. The molecule has 0 aliphatic carbocycles. The van der Waals surface area contributed by atoms with Crippen LogP contribution in [0.3, 0.4) is 0 Å². The lowest BCUT2D eigenvalue weighted by Crippen LogP contribution is -2.21. The average Bonchev–Trinajstić information content (AvgIpc) is 2.91. The van der Waals surface area contributed by atoms with Crippen LogP contribution in [0.4, 0.5) is 24.5 Å². The Morgan fingerprint density at radius 1 is 1.02 bits per heavy atom. The van der Waals surface area contributed by atoms with Gasteiger partial charge < -0.3 is 24.8 Å². The molecule has 208 valence electrons. The van der Waals surface area contributed by atoms with Crippen molar-refractivity contribution in [3.8, 4) is 23.3 Å². The number of methoxy groups -OCH3 is 1. The molecule has 0 aliphatic heterocycles. The molecule has 0 bridgehead atoms. The molecule has 3 aromatic carbocycles. The Morgan fingerprint density at radius 3 is 2.45 bits per heavy atom. The van der Waals surface area contributed by atoms with E-state index < -0.39 is 23.6 Å². The molecule has 3 aromatic rings. The number of carbonyl (C=O) groups is 2. The molecular formula is C28H23BrF3N3O5. The molecule has 0 unspecified atom stereocenters. The van der Waals surface area contributed by atoms with Gasteiger partial charge in [-0.3, -0.25) is 9.59 Å². The highest BCUT2D eigenvalue weighted by molar-refractivity contribution is 9.10. The Morgan fingerprint density at radius 2 is 1.77 bits per heavy atom. The lowest BCUT2D eigenvalue weighted by Gasteiger charge is -2.15. The summed E-state index contributed by atoms with van der Waals surface area (Å²) in [4.78, 5) is 25.1. The molecule has 0 spiro atoms. The van der Waals surface area contributed by atoms with Gasteiger partial charge in [0.15, 0.2) is 18.1 Å². The van der Waals surface area contributed by atoms with Crippen molar-refractivity contribution < 1.29 is 37.0 Å². The fraction of sp³-hybridized carbons (Fsp3) is 0.179. The number of halogens is 4. The second-order valence-electron chi connectivity index (χ2n) is 8.00. The summed E-state index contributed by atoms with van der Waals surface area (Å²) < 4.78 is 55.9. The van der Waals surface area contributed by atoms with Crippen molar-refractivity contribution in [3.05, 3.63) is 81.8 Å². The van der Waals surface area contributed by atoms with E-state index in [0.29, 0.717) is 21.5 Å². The van der Waals surface area contributed by atoms with Crippen LogP contribution in [-0.4, -0.2) is 32.1 Å². The molecule has 0 fully saturated rings. The molecule has 0 saturated heterocycles. The van der Waals surface area contributed by atoms with E-state index in [1.165, 1.54) is 31.4 Å². The first-order valence-electron chi connectivity index (χ1n) is 11.7. The van der Waals surface area contributed by atoms with Gasteiger partial charge in [-0.1, -0.05) is 18.2 Å². The van der Waals surface area contributed by atoms with Crippen molar-refractivity contribution >= 4 is 45.2 Å². The molecule has 3 rings (SSSR count). The maximum absolute atomic E-state index is 13.0. The molecule has 2 amide bonds. The van der Waals surface area contributed by atoms with Crippen LogP contribution in [0, 0.1) is 11.3 Å². The van der Waals surface area contributed by atoms with E-state index in [1.54, 1.807) is 37.3 Å². The smallest absolute Gasteiger partial charge is 0.416 e. The number of hydrogen-bond donors (Lipinski definition) is 2. The first-order valence-corrected chi connectivity index (χ1v) is 12.5. The number of carbonyl (C=O) groups excluding carboxylic acids is 2. The number of rotatable bonds is 10. The number of ether oxygens (including phenoxy) is 3. The van der Waals surface area contributed by atoms with Crippen molar-refractivity contribution in [3.63, 3.8) is 0 Å². The van der Waals surface area contributed by atoms with Crippen molar-refractivity contribution in [2.24, 2.45) is 0 Å². The van der Waals surface area contributed by atoms with E-state index in [0.717, 1.165) is 18.2 Å². The van der Waals surface area contributed by atoms with Crippen LogP contribution in [0.2, 0.25) is 0 Å². The summed E-state index contributed by atoms with van der Waals surface area (Å²) in [5.74, 6) is -0.441. The zero-order chi connectivity index (χ0) is 29.3. The van der Waals surface area contributed by atoms with Crippen LogP contribution < -0.4 is 24.8 Å². The normalized spacial score (nSPS) is 11.3. The number of nitriles is 1. The van der Waals surface area contributed by atoms with Crippen LogP contribution in [0.5, 0.6) is 17.2 Å². The quantitative estimate of drug-likeness (QED) is 0.200. The molecule has 0 radical (unpaired) electrons. The zero-order valence-corrected chi connectivity index (χ0v) is 22.9. The number of amides is 2. The molecule has 0 aromatic heterocycles. The van der Waals surface area contributed by atoms with Crippen LogP contribution in [0.15, 0.2) is 70.7 Å². The van der Waals surface area contributed by atoms with Gasteiger partial charge in [0.25, 0.3) is 11.8 Å². The van der Waals surface area contributed by atoms with E-state index >= 15 is 0 Å². The number of para-hydroxylation sites is 2. The number of hydrogen-bond acceptors (Lipinski definition) is 6. The summed E-state index contributed by atoms with van der Waals surface area (Å²) in [6.07, 6.45) is -3.34. The molecule has 40 heavy (non-hydrogen) atoms. The molecular weight excluding hydrogens is 595 g/mol. The molecule has 2 N–H and O–H groups in total. The highest BCUT2D eigenvalue weighted by Gasteiger charge is 2.30. The highest BCUT2D eigenvalue weighted by Crippen LogP contribution is 2.38. The predicted octanol–water partition coefficient (Wildman–Crippen LogP) is 6.44. The van der Waals surface area contributed by atoms with E-state index in [4.69, 9.17) is 14.2 Å². The maximum atomic E-state index is 13.0. The zero-order valence-electron chi connectivity index (χ0n) is 21.3. The van der Waals surface area contributed by atoms with E-state index in [-0.39, 0.29) is 36.0 Å². The van der Waals surface area contributed by atoms with Crippen molar-refractivity contribution in [2.45, 2.75) is 13.1 Å². The minimum Gasteiger partial charge on any atom is -0.495 e. The lowest BCUT2D eigenvalue weighted by molar-refractivity contribution is -0.137. The largest absolute Gasteiger partial charge is 0.495 e. The van der Waals surface area contributed by atoms with Gasteiger partial charge >= 0.3 is 6.18 Å². The third-order valence-electron chi connectivity index (χ3n) is 5.18. The van der Waals surface area contributed by atoms with Gasteiger partial charge in [0.05, 0.1) is 29.4 Å². The third-order valence-corrected chi connectivity index (χ3v) is 5.77. The van der Waals surface area contributed by atoms with Crippen molar-refractivity contribution in [1.29, 1.82) is 5.26 Å². The summed E-state index contributed by atoms with van der Waals surface area (Å²) in [6, 6.07) is 15.7. The van der Waals surface area contributed by atoms with Gasteiger partial charge in [-0.2, -0.15) is 18.4 Å². The lowest BCUT2D eigenvalue weighted by atomic mass is 10.1. The van der Waals surface area contributed by atoms with E-state index in [1.807, 2.05) is 0 Å². The number of nitrogens with one attached hydrogen (secondary N) is 2. The SMILES string of the molecule is CCOc1cc(/C=C(\C#N)C(=O)Nc2cccc(C(F)(F)F)c2)cc(Br)c1OCC(=O)Nc1ccccc1OC. The molecule has 8 nitrogen and oxygen atoms in total. The average molecular weight is 618 g/mol. The van der Waals surface area contributed by atoms with Gasteiger partial charge in [-0.25, -0.2) is 0 Å². The topological polar surface area (TPSA) is 110 Å². The van der Waals surface area contributed by atoms with Gasteiger partial charge in [0, 0.05) is 5.69 Å². The summed E-state index contributed by atoms with van der Waals surface area (Å²) in [7, 11) is 1.48. The number of nitrogens with zero attached hydrogens (tertiary/aromatic N) is 1. The van der Waals surface area contributed by atoms with Gasteiger partial charge in [0.2, 0.25) is 0 Å². The standard InChI is InChI=1S/C28H23BrF3N3O5/c1-3-39-24-13-17(11-18(15-33)27(37)34-20-8-6-7-19(14-20)28(30,31)32)12-21(29)26(24)40-16-25(36)35-22-9-4-5-10-23(22)38-2/h4-14H,3,16H2,1-2H3,(H,34,37)(H,35,36)/b18-11+. The van der Waals surface area contributed by atoms with Crippen LogP contribution in [0.25, 0.3) is 6.08 Å². The van der Waals surface area contributed by atoms with Crippen LogP contribution >= 0.6 is 15.9 Å². The third kappa shape index (κ3) is 8.00. The Hall–Kier alpha value is -4.50. The van der Waals surface area contributed by atoms with E-state index in [2.05, 4.69) is 26.6 Å². The van der Waals surface area contributed by atoms with Crippen LogP contribution in [-0.2, 0) is 15.8 Å². The molecule has 12 heteroatoms. The second-order valence-corrected chi connectivity index (χ2v) is 8.86. The first-order chi connectivity index (χ1) is 19.0. The summed E-state index contributed by atoms with van der Waals surface area (Å²) in [5, 5.41) is 14.5. The summed E-state index contributed by atoms with van der Waals surface area (Å²) in [5.41, 5.74) is -0.596. The fourth-order valence-corrected chi connectivity index (χ4v) is 4.01. The van der Waals surface area contributed by atoms with Gasteiger partial charge in [0.1, 0.15) is 17.4 Å². The van der Waals surface area contributed by atoms with Gasteiger partial charge in [-0.05, 0) is 77.0 Å². The monoisotopic (exact) mass is 617 g/mol. The fourth-order valence-electron chi connectivity index (χ4n) is 3.43. The molecule has 0 aliphatic rings. The van der Waals surface area contributed by atoms with Gasteiger partial charge in [-0.15, -0.1) is 0 Å². The van der Waals surface area contributed by atoms with Crippen molar-refractivity contribution in [1.82, 2.24) is 0 Å². The minimum absolute atomic E-state index is 0.118. The number of benzene rings is 3.